The fraction of sp³-hybridized carbons (Fsp3) is 0.500. The molecule has 8 heteroatoms. The van der Waals surface area contributed by atoms with Gasteiger partial charge < -0.3 is 10.1 Å². The lowest BCUT2D eigenvalue weighted by atomic mass is 10.1. The van der Waals surface area contributed by atoms with Gasteiger partial charge in [0.15, 0.2) is 0 Å². The smallest absolute Gasteiger partial charge is 0.416 e. The van der Waals surface area contributed by atoms with Crippen LogP contribution in [0.25, 0.3) is 0 Å². The highest BCUT2D eigenvalue weighted by Gasteiger charge is 2.33. The third-order valence-electron chi connectivity index (χ3n) is 3.75. The average molecular weight is 344 g/mol. The van der Waals surface area contributed by atoms with E-state index in [9.17, 15) is 22.8 Å². The summed E-state index contributed by atoms with van der Waals surface area (Å²) in [7, 11) is 0. The van der Waals surface area contributed by atoms with E-state index in [0.29, 0.717) is 18.7 Å². The number of ether oxygens (including phenoxy) is 1. The van der Waals surface area contributed by atoms with Crippen LogP contribution < -0.4 is 5.32 Å². The first kappa shape index (κ1) is 18.3. The van der Waals surface area contributed by atoms with Crippen molar-refractivity contribution in [3.63, 3.8) is 0 Å². The van der Waals surface area contributed by atoms with Crippen molar-refractivity contribution in [3.05, 3.63) is 35.4 Å². The van der Waals surface area contributed by atoms with E-state index in [0.717, 1.165) is 12.1 Å². The fourth-order valence-electron chi connectivity index (χ4n) is 2.63. The average Bonchev–Trinajstić information content (AvgIpc) is 2.50. The van der Waals surface area contributed by atoms with Crippen LogP contribution in [0.3, 0.4) is 0 Å². The summed E-state index contributed by atoms with van der Waals surface area (Å²) < 4.78 is 43.3. The van der Waals surface area contributed by atoms with Crippen molar-refractivity contribution in [1.82, 2.24) is 10.2 Å². The van der Waals surface area contributed by atoms with Gasteiger partial charge in [0.05, 0.1) is 18.6 Å². The summed E-state index contributed by atoms with van der Waals surface area (Å²) in [5.41, 5.74) is -0.295. The fourth-order valence-corrected chi connectivity index (χ4v) is 2.63. The molecule has 1 atom stereocenters. The predicted octanol–water partition coefficient (Wildman–Crippen LogP) is 1.96. The minimum absolute atomic E-state index is 0.126. The molecule has 0 saturated carbocycles. The number of nitrogens with zero attached hydrogens (tertiary/aromatic N) is 1. The molecule has 1 aliphatic heterocycles. The monoisotopic (exact) mass is 344 g/mol. The molecule has 0 bridgehead atoms. The van der Waals surface area contributed by atoms with Gasteiger partial charge in [-0.3, -0.25) is 14.5 Å². The summed E-state index contributed by atoms with van der Waals surface area (Å²) in [6.45, 7) is 2.87. The molecule has 1 amide bonds. The topological polar surface area (TPSA) is 58.6 Å². The molecule has 2 rings (SSSR count). The molecule has 0 unspecified atom stereocenters. The molecule has 5 nitrogen and oxygen atoms in total. The molecule has 1 aliphatic rings. The van der Waals surface area contributed by atoms with Crippen LogP contribution in [0, 0.1) is 0 Å². The Hall–Kier alpha value is -2.09. The Balaban J connectivity index is 2.13. The summed E-state index contributed by atoms with van der Waals surface area (Å²) in [6.07, 6.45) is -4.54. The van der Waals surface area contributed by atoms with Crippen molar-refractivity contribution in [1.29, 1.82) is 0 Å². The molecule has 1 aromatic carbocycles. The number of hydrogen-bond acceptors (Lipinski definition) is 4. The Labute approximate surface area is 137 Å². The lowest BCUT2D eigenvalue weighted by Gasteiger charge is -2.34. The molecule has 0 radical (unpaired) electrons. The molecular formula is C16H19F3N2O3. The number of benzene rings is 1. The summed E-state index contributed by atoms with van der Waals surface area (Å²) >= 11 is 0. The second-order valence-corrected chi connectivity index (χ2v) is 5.48. The first-order valence-corrected chi connectivity index (χ1v) is 7.64. The van der Waals surface area contributed by atoms with Crippen molar-refractivity contribution < 1.29 is 27.5 Å². The standard InChI is InChI=1S/C16H19F3N2O3/c1-2-24-14(22)9-13-15(23)20-6-7-21(13)10-11-4-3-5-12(8-11)16(17,18)19/h3-5,8,13H,2,6-7,9-10H2,1H3,(H,20,23)/t13-/m0/s1. The van der Waals surface area contributed by atoms with Crippen LogP contribution in [0.15, 0.2) is 24.3 Å². The van der Waals surface area contributed by atoms with Gasteiger partial charge in [-0.05, 0) is 18.6 Å². The number of carbonyl (C=O) groups excluding carboxylic acids is 2. The van der Waals surface area contributed by atoms with Crippen molar-refractivity contribution in [2.75, 3.05) is 19.7 Å². The number of amides is 1. The van der Waals surface area contributed by atoms with Crippen molar-refractivity contribution in [2.45, 2.75) is 32.1 Å². The SMILES string of the molecule is CCOC(=O)C[C@H]1C(=O)NCCN1Cc1cccc(C(F)(F)F)c1. The number of esters is 1. The summed E-state index contributed by atoms with van der Waals surface area (Å²) in [5, 5.41) is 2.66. The van der Waals surface area contributed by atoms with Crippen molar-refractivity contribution in [2.24, 2.45) is 0 Å². The van der Waals surface area contributed by atoms with Gasteiger partial charge in [-0.15, -0.1) is 0 Å². The highest BCUT2D eigenvalue weighted by molar-refractivity contribution is 5.87. The Morgan fingerprint density at radius 2 is 2.17 bits per heavy atom. The first-order chi connectivity index (χ1) is 11.3. The third-order valence-corrected chi connectivity index (χ3v) is 3.75. The molecule has 0 spiro atoms. The maximum atomic E-state index is 12.8. The maximum absolute atomic E-state index is 12.8. The predicted molar refractivity (Wildman–Crippen MR) is 79.9 cm³/mol. The third kappa shape index (κ3) is 4.70. The molecule has 1 fully saturated rings. The normalized spacial score (nSPS) is 19.0. The number of rotatable bonds is 5. The van der Waals surface area contributed by atoms with E-state index in [1.165, 1.54) is 6.07 Å². The molecule has 1 saturated heterocycles. The number of alkyl halides is 3. The van der Waals surface area contributed by atoms with Crippen LogP contribution in [0.2, 0.25) is 0 Å². The van der Waals surface area contributed by atoms with E-state index >= 15 is 0 Å². The summed E-state index contributed by atoms with van der Waals surface area (Å²) in [4.78, 5) is 25.4. The van der Waals surface area contributed by atoms with Crippen molar-refractivity contribution >= 4 is 11.9 Å². The zero-order chi connectivity index (χ0) is 17.7. The van der Waals surface area contributed by atoms with Crippen molar-refractivity contribution in [3.8, 4) is 0 Å². The second-order valence-electron chi connectivity index (χ2n) is 5.48. The quantitative estimate of drug-likeness (QED) is 0.830. The molecule has 0 aromatic heterocycles. The van der Waals surface area contributed by atoms with Gasteiger partial charge in [0.2, 0.25) is 5.91 Å². The number of hydrogen-bond donors (Lipinski definition) is 1. The van der Waals surface area contributed by atoms with E-state index in [2.05, 4.69) is 5.32 Å². The largest absolute Gasteiger partial charge is 0.466 e. The Morgan fingerprint density at radius 3 is 2.83 bits per heavy atom. The van der Waals surface area contributed by atoms with E-state index in [4.69, 9.17) is 4.74 Å². The molecular weight excluding hydrogens is 325 g/mol. The molecule has 1 aromatic rings. The first-order valence-electron chi connectivity index (χ1n) is 7.64. The molecule has 132 valence electrons. The number of nitrogens with one attached hydrogen (secondary N) is 1. The molecule has 1 N–H and O–H groups in total. The number of halogens is 3. The van der Waals surface area contributed by atoms with Gasteiger partial charge in [-0.25, -0.2) is 0 Å². The zero-order valence-corrected chi connectivity index (χ0v) is 13.2. The van der Waals surface area contributed by atoms with Crippen LogP contribution >= 0.6 is 0 Å². The second kappa shape index (κ2) is 7.65. The summed E-state index contributed by atoms with van der Waals surface area (Å²) in [6, 6.07) is 4.23. The highest BCUT2D eigenvalue weighted by Crippen LogP contribution is 2.30. The number of carbonyl (C=O) groups is 2. The van der Waals surface area contributed by atoms with Crippen LogP contribution in [-0.4, -0.2) is 42.5 Å². The van der Waals surface area contributed by atoms with Gasteiger partial charge in [0.1, 0.15) is 6.04 Å². The van der Waals surface area contributed by atoms with E-state index in [1.54, 1.807) is 17.9 Å². The Morgan fingerprint density at radius 1 is 1.42 bits per heavy atom. The molecule has 1 heterocycles. The van der Waals surface area contributed by atoms with Gasteiger partial charge >= 0.3 is 12.1 Å². The molecule has 0 aliphatic carbocycles. The van der Waals surface area contributed by atoms with E-state index in [1.807, 2.05) is 0 Å². The van der Waals surface area contributed by atoms with E-state index in [-0.39, 0.29) is 25.5 Å². The minimum Gasteiger partial charge on any atom is -0.466 e. The lowest BCUT2D eigenvalue weighted by molar-refractivity contribution is -0.148. The highest BCUT2D eigenvalue weighted by atomic mass is 19.4. The maximum Gasteiger partial charge on any atom is 0.416 e. The van der Waals surface area contributed by atoms with Crippen LogP contribution in [-0.2, 0) is 27.0 Å². The van der Waals surface area contributed by atoms with Gasteiger partial charge in [0.25, 0.3) is 0 Å². The van der Waals surface area contributed by atoms with Gasteiger partial charge in [-0.2, -0.15) is 13.2 Å². The molecule has 24 heavy (non-hydrogen) atoms. The Kier molecular flexibility index (Phi) is 5.82. The lowest BCUT2D eigenvalue weighted by Crippen LogP contribution is -2.55. The Bertz CT molecular complexity index is 604. The van der Waals surface area contributed by atoms with Gasteiger partial charge in [-0.1, -0.05) is 18.2 Å². The number of piperazine rings is 1. The van der Waals surface area contributed by atoms with Crippen LogP contribution in [0.1, 0.15) is 24.5 Å². The van der Waals surface area contributed by atoms with Gasteiger partial charge in [0, 0.05) is 19.6 Å². The van der Waals surface area contributed by atoms with E-state index < -0.39 is 23.8 Å². The van der Waals surface area contributed by atoms with Crippen LogP contribution in [0.4, 0.5) is 13.2 Å². The van der Waals surface area contributed by atoms with Crippen LogP contribution in [0.5, 0.6) is 0 Å². The minimum atomic E-state index is -4.42. The summed E-state index contributed by atoms with van der Waals surface area (Å²) in [5.74, 6) is -0.824. The zero-order valence-electron chi connectivity index (χ0n) is 13.2.